The zero-order valence-electron chi connectivity index (χ0n) is 20.7. The average Bonchev–Trinajstić information content (AvgIpc) is 3.36. The Labute approximate surface area is 209 Å². The number of fused-ring (bicyclic) bond motifs is 4. The van der Waals surface area contributed by atoms with Crippen molar-refractivity contribution in [3.63, 3.8) is 0 Å². The number of carbonyl (C=O) groups excluding carboxylic acids is 2. The van der Waals surface area contributed by atoms with Crippen molar-refractivity contribution < 1.29 is 9.59 Å². The molecule has 1 aliphatic rings. The number of imide groups is 1. The molecule has 1 aromatic heterocycles. The molecule has 6 rings (SSSR count). The van der Waals surface area contributed by atoms with E-state index in [1.807, 2.05) is 69.3 Å². The Balaban J connectivity index is 0.00000130. The molecule has 0 unspecified atom stereocenters. The summed E-state index contributed by atoms with van der Waals surface area (Å²) in [5.41, 5.74) is 7.17. The topological polar surface area (TPSA) is 66.1 Å². The van der Waals surface area contributed by atoms with Crippen LogP contribution < -0.4 is 0 Å². The van der Waals surface area contributed by atoms with Gasteiger partial charge in [-0.1, -0.05) is 56.3 Å². The minimum absolute atomic E-state index is 0.281. The number of aromatic nitrogens is 1. The monoisotopic (exact) mass is 471 g/mol. The van der Waals surface area contributed by atoms with E-state index in [-0.39, 0.29) is 11.8 Å². The number of hydrogen-bond acceptors (Lipinski definition) is 3. The van der Waals surface area contributed by atoms with Crippen molar-refractivity contribution in [3.8, 4) is 22.9 Å². The SMILES string of the molecule is CC.Cc1cc(C#N)ccc1-c1ccc2c3ccccc3n(-c3cccc4c3C(=O)N(C)C4=O)c2c1. The van der Waals surface area contributed by atoms with Crippen molar-refractivity contribution in [2.75, 3.05) is 7.05 Å². The van der Waals surface area contributed by atoms with Gasteiger partial charge in [0, 0.05) is 17.8 Å². The molecular formula is C31H25N3O2. The minimum Gasteiger partial charge on any atom is -0.308 e. The molecule has 176 valence electrons. The smallest absolute Gasteiger partial charge is 0.263 e. The molecule has 0 atom stereocenters. The second-order valence-electron chi connectivity index (χ2n) is 8.60. The molecule has 0 saturated carbocycles. The maximum absolute atomic E-state index is 13.1. The summed E-state index contributed by atoms with van der Waals surface area (Å²) in [5, 5.41) is 11.4. The van der Waals surface area contributed by atoms with Crippen LogP contribution in [-0.4, -0.2) is 28.3 Å². The van der Waals surface area contributed by atoms with Gasteiger partial charge in [0.1, 0.15) is 0 Å². The van der Waals surface area contributed by atoms with Crippen molar-refractivity contribution in [2.24, 2.45) is 0 Å². The van der Waals surface area contributed by atoms with Gasteiger partial charge in [-0.25, -0.2) is 0 Å². The minimum atomic E-state index is -0.291. The lowest BCUT2D eigenvalue weighted by molar-refractivity contribution is 0.0693. The molecule has 0 N–H and O–H groups in total. The largest absolute Gasteiger partial charge is 0.308 e. The molecule has 5 heteroatoms. The number of amides is 2. The molecule has 5 nitrogen and oxygen atoms in total. The van der Waals surface area contributed by atoms with Gasteiger partial charge in [0.2, 0.25) is 0 Å². The lowest BCUT2D eigenvalue weighted by Crippen LogP contribution is -2.24. The predicted octanol–water partition coefficient (Wildman–Crippen LogP) is 6.88. The highest BCUT2D eigenvalue weighted by Crippen LogP contribution is 2.38. The molecule has 0 radical (unpaired) electrons. The highest BCUT2D eigenvalue weighted by Gasteiger charge is 2.35. The third kappa shape index (κ3) is 3.30. The van der Waals surface area contributed by atoms with E-state index in [0.717, 1.165) is 38.5 Å². The van der Waals surface area contributed by atoms with Gasteiger partial charge in [-0.3, -0.25) is 14.5 Å². The van der Waals surface area contributed by atoms with Crippen molar-refractivity contribution in [1.29, 1.82) is 5.26 Å². The molecule has 1 aliphatic heterocycles. The van der Waals surface area contributed by atoms with E-state index >= 15 is 0 Å². The molecule has 4 aromatic carbocycles. The van der Waals surface area contributed by atoms with E-state index in [2.05, 4.69) is 34.9 Å². The summed E-state index contributed by atoms with van der Waals surface area (Å²) in [6.07, 6.45) is 0. The van der Waals surface area contributed by atoms with E-state index < -0.39 is 0 Å². The zero-order valence-corrected chi connectivity index (χ0v) is 20.7. The van der Waals surface area contributed by atoms with Crippen LogP contribution in [0, 0.1) is 18.3 Å². The summed E-state index contributed by atoms with van der Waals surface area (Å²) in [5.74, 6) is -0.572. The summed E-state index contributed by atoms with van der Waals surface area (Å²) >= 11 is 0. The van der Waals surface area contributed by atoms with Crippen LogP contribution in [0.1, 0.15) is 45.7 Å². The van der Waals surface area contributed by atoms with Crippen molar-refractivity contribution in [2.45, 2.75) is 20.8 Å². The number of hydrogen-bond donors (Lipinski definition) is 0. The van der Waals surface area contributed by atoms with Crippen molar-refractivity contribution in [1.82, 2.24) is 9.47 Å². The molecule has 5 aromatic rings. The predicted molar refractivity (Wildman–Crippen MR) is 143 cm³/mol. The third-order valence-electron chi connectivity index (χ3n) is 6.68. The Morgan fingerprint density at radius 2 is 1.50 bits per heavy atom. The Kier molecular flexibility index (Phi) is 5.66. The van der Waals surface area contributed by atoms with Crippen LogP contribution in [0.4, 0.5) is 0 Å². The lowest BCUT2D eigenvalue weighted by atomic mass is 9.97. The maximum atomic E-state index is 13.1. The second-order valence-corrected chi connectivity index (χ2v) is 8.60. The summed E-state index contributed by atoms with van der Waals surface area (Å²) in [4.78, 5) is 26.9. The van der Waals surface area contributed by atoms with E-state index in [0.29, 0.717) is 22.4 Å². The van der Waals surface area contributed by atoms with Gasteiger partial charge in [-0.2, -0.15) is 5.26 Å². The van der Waals surface area contributed by atoms with Crippen LogP contribution in [0.15, 0.2) is 78.9 Å². The van der Waals surface area contributed by atoms with Crippen LogP contribution in [0.2, 0.25) is 0 Å². The van der Waals surface area contributed by atoms with Gasteiger partial charge in [0.15, 0.2) is 0 Å². The Morgan fingerprint density at radius 1 is 0.750 bits per heavy atom. The number of nitriles is 1. The van der Waals surface area contributed by atoms with Crippen LogP contribution >= 0.6 is 0 Å². The number of aryl methyl sites for hydroxylation is 1. The van der Waals surface area contributed by atoms with Crippen LogP contribution in [0.3, 0.4) is 0 Å². The molecule has 2 heterocycles. The van der Waals surface area contributed by atoms with E-state index in [1.165, 1.54) is 11.9 Å². The second kappa shape index (κ2) is 8.83. The molecule has 36 heavy (non-hydrogen) atoms. The van der Waals surface area contributed by atoms with Gasteiger partial charge in [0.05, 0.1) is 39.5 Å². The molecule has 0 fully saturated rings. The Morgan fingerprint density at radius 3 is 2.25 bits per heavy atom. The number of para-hydroxylation sites is 1. The molecule has 0 saturated heterocycles. The molecule has 0 spiro atoms. The molecule has 0 bridgehead atoms. The first-order valence-corrected chi connectivity index (χ1v) is 12.0. The first-order chi connectivity index (χ1) is 17.5. The average molecular weight is 472 g/mol. The highest BCUT2D eigenvalue weighted by atomic mass is 16.2. The summed E-state index contributed by atoms with van der Waals surface area (Å²) < 4.78 is 2.08. The molecular weight excluding hydrogens is 446 g/mol. The van der Waals surface area contributed by atoms with Gasteiger partial charge in [-0.15, -0.1) is 0 Å². The van der Waals surface area contributed by atoms with Crippen LogP contribution in [0.25, 0.3) is 38.6 Å². The lowest BCUT2D eigenvalue weighted by Gasteiger charge is -2.13. The van der Waals surface area contributed by atoms with Crippen LogP contribution in [0.5, 0.6) is 0 Å². The van der Waals surface area contributed by atoms with Gasteiger partial charge >= 0.3 is 0 Å². The standard InChI is InChI=1S/C29H19N3O2.C2H6/c1-17-14-18(16-30)10-12-20(17)19-11-13-22-21-6-3-4-8-24(21)32(26(22)15-19)25-9-5-7-23-27(25)29(34)31(2)28(23)33;1-2/h3-15H,1-2H3;1-2H3. The Bertz CT molecular complexity index is 1740. The zero-order chi connectivity index (χ0) is 25.6. The van der Waals surface area contributed by atoms with Gasteiger partial charge < -0.3 is 4.57 Å². The molecule has 0 aliphatic carbocycles. The maximum Gasteiger partial charge on any atom is 0.263 e. The van der Waals surface area contributed by atoms with E-state index in [1.54, 1.807) is 6.07 Å². The summed E-state index contributed by atoms with van der Waals surface area (Å²) in [7, 11) is 1.52. The highest BCUT2D eigenvalue weighted by molar-refractivity contribution is 6.23. The Hall–Kier alpha value is -4.69. The van der Waals surface area contributed by atoms with Gasteiger partial charge in [0.25, 0.3) is 11.8 Å². The quantitative estimate of drug-likeness (QED) is 0.264. The number of benzene rings is 4. The van der Waals surface area contributed by atoms with Crippen molar-refractivity contribution >= 4 is 33.6 Å². The van der Waals surface area contributed by atoms with E-state index in [9.17, 15) is 14.9 Å². The first-order valence-electron chi connectivity index (χ1n) is 12.0. The fourth-order valence-electron chi connectivity index (χ4n) is 5.02. The van der Waals surface area contributed by atoms with Crippen LogP contribution in [-0.2, 0) is 0 Å². The number of rotatable bonds is 2. The number of carbonyl (C=O) groups is 2. The fourth-order valence-corrected chi connectivity index (χ4v) is 5.02. The molecule has 2 amide bonds. The third-order valence-corrected chi connectivity index (χ3v) is 6.68. The van der Waals surface area contributed by atoms with Gasteiger partial charge in [-0.05, 0) is 60.0 Å². The van der Waals surface area contributed by atoms with Crippen molar-refractivity contribution in [3.05, 3.63) is 101 Å². The van der Waals surface area contributed by atoms with E-state index in [4.69, 9.17) is 0 Å². The number of nitrogens with zero attached hydrogens (tertiary/aromatic N) is 3. The summed E-state index contributed by atoms with van der Waals surface area (Å²) in [6, 6.07) is 27.7. The first kappa shape index (κ1) is 23.1. The fraction of sp³-hybridized carbons (Fsp3) is 0.129. The summed E-state index contributed by atoms with van der Waals surface area (Å²) in [6.45, 7) is 6.00. The normalized spacial score (nSPS) is 12.5.